The predicted molar refractivity (Wildman–Crippen MR) is 81.0 cm³/mol. The van der Waals surface area contributed by atoms with Gasteiger partial charge in [-0.25, -0.2) is 8.78 Å². The molecule has 0 aromatic heterocycles. The number of alkyl halides is 3. The summed E-state index contributed by atoms with van der Waals surface area (Å²) in [5, 5.41) is -0.413. The van der Waals surface area contributed by atoms with Crippen LogP contribution in [0.4, 0.5) is 27.6 Å². The molecule has 0 saturated heterocycles. The Hall–Kier alpha value is -2.29. The number of amides is 1. The number of halogens is 5. The lowest BCUT2D eigenvalue weighted by molar-refractivity contribution is -0.175. The van der Waals surface area contributed by atoms with Gasteiger partial charge in [-0.2, -0.15) is 22.9 Å². The van der Waals surface area contributed by atoms with Crippen molar-refractivity contribution >= 4 is 19.2 Å². The van der Waals surface area contributed by atoms with E-state index in [4.69, 9.17) is 0 Å². The molecule has 0 aliphatic rings. The van der Waals surface area contributed by atoms with E-state index < -0.39 is 48.2 Å². The summed E-state index contributed by atoms with van der Waals surface area (Å²) in [6.07, 6.45) is -6.19. The van der Waals surface area contributed by atoms with E-state index in [9.17, 15) is 36.2 Å². The second-order valence-electron chi connectivity index (χ2n) is 5.08. The summed E-state index contributed by atoms with van der Waals surface area (Å²) in [5.41, 5.74) is -0.502. The molecule has 2 rings (SSSR count). The zero-order chi connectivity index (χ0) is 19.5. The molecule has 0 aliphatic heterocycles. The molecule has 2 aromatic rings. The van der Waals surface area contributed by atoms with Crippen molar-refractivity contribution in [2.45, 2.75) is 12.3 Å². The quantitative estimate of drug-likeness (QED) is 0.469. The van der Waals surface area contributed by atoms with Crippen LogP contribution in [0.1, 0.15) is 5.56 Å². The highest BCUT2D eigenvalue weighted by molar-refractivity contribution is 7.52. The molecule has 140 valence electrons. The second kappa shape index (κ2) is 7.53. The summed E-state index contributed by atoms with van der Waals surface area (Å²) in [4.78, 5) is 21.4. The normalized spacial score (nSPS) is 13.9. The lowest BCUT2D eigenvalue weighted by Crippen LogP contribution is -2.40. The molecule has 0 radical (unpaired) electrons. The van der Waals surface area contributed by atoms with Crippen LogP contribution >= 0.6 is 7.60 Å². The van der Waals surface area contributed by atoms with Crippen molar-refractivity contribution in [1.82, 2.24) is 0 Å². The third kappa shape index (κ3) is 5.35. The highest BCUT2D eigenvalue weighted by Gasteiger charge is 2.46. The Morgan fingerprint density at radius 2 is 1.46 bits per heavy atom. The van der Waals surface area contributed by atoms with Gasteiger partial charge in [0.15, 0.2) is 0 Å². The van der Waals surface area contributed by atoms with Gasteiger partial charge in [0.05, 0.1) is 11.8 Å². The minimum atomic E-state index is -5.41. The van der Waals surface area contributed by atoms with Gasteiger partial charge < -0.3 is 4.89 Å². The van der Waals surface area contributed by atoms with Crippen LogP contribution in [0.5, 0.6) is 0 Å². The fourth-order valence-corrected chi connectivity index (χ4v) is 3.02. The van der Waals surface area contributed by atoms with Gasteiger partial charge in [0.1, 0.15) is 11.6 Å². The van der Waals surface area contributed by atoms with Gasteiger partial charge in [-0.15, -0.1) is 0 Å². The van der Waals surface area contributed by atoms with Crippen LogP contribution in [-0.2, 0) is 20.1 Å². The maximum absolute atomic E-state index is 12.9. The second-order valence-corrected chi connectivity index (χ2v) is 6.83. The summed E-state index contributed by atoms with van der Waals surface area (Å²) in [5.74, 6) is -3.99. The maximum atomic E-state index is 12.9. The van der Waals surface area contributed by atoms with Crippen molar-refractivity contribution in [3.63, 3.8) is 0 Å². The Kier molecular flexibility index (Phi) is 5.80. The number of carbonyl (C=O) groups is 1. The molecular weight excluding hydrogens is 384 g/mol. The van der Waals surface area contributed by atoms with Crippen molar-refractivity contribution in [3.8, 4) is 0 Å². The Labute approximate surface area is 144 Å². The lowest BCUT2D eigenvalue weighted by Gasteiger charge is -2.25. The van der Waals surface area contributed by atoms with Gasteiger partial charge in [-0.1, -0.05) is 12.1 Å². The van der Waals surface area contributed by atoms with Gasteiger partial charge >= 0.3 is 19.7 Å². The smallest absolute Gasteiger partial charge is 0.323 e. The van der Waals surface area contributed by atoms with Gasteiger partial charge in [0, 0.05) is 0 Å². The van der Waals surface area contributed by atoms with Crippen LogP contribution < -0.4 is 5.06 Å². The highest BCUT2D eigenvalue weighted by Crippen LogP contribution is 2.48. The van der Waals surface area contributed by atoms with Crippen LogP contribution in [-0.4, -0.2) is 17.0 Å². The highest BCUT2D eigenvalue weighted by atomic mass is 31.2. The first-order valence-corrected chi connectivity index (χ1v) is 8.67. The number of hydroxylamine groups is 1. The van der Waals surface area contributed by atoms with Crippen molar-refractivity contribution in [3.05, 3.63) is 65.7 Å². The molecule has 5 nitrogen and oxygen atoms in total. The van der Waals surface area contributed by atoms with Crippen LogP contribution in [0.3, 0.4) is 0 Å². The largest absolute Gasteiger partial charge is 0.474 e. The fourth-order valence-electron chi connectivity index (χ4n) is 1.87. The first-order chi connectivity index (χ1) is 12.0. The van der Waals surface area contributed by atoms with E-state index in [0.29, 0.717) is 0 Å². The molecule has 0 heterocycles. The van der Waals surface area contributed by atoms with E-state index in [1.54, 1.807) is 0 Å². The van der Waals surface area contributed by atoms with Crippen molar-refractivity contribution in [2.75, 3.05) is 5.06 Å². The van der Waals surface area contributed by atoms with E-state index in [2.05, 4.69) is 4.62 Å². The average Bonchev–Trinajstić information content (AvgIpc) is 2.54. The summed E-state index contributed by atoms with van der Waals surface area (Å²) in [6.45, 7) is 0. The molecule has 0 bridgehead atoms. The molecule has 0 spiro atoms. The van der Waals surface area contributed by atoms with E-state index >= 15 is 0 Å². The van der Waals surface area contributed by atoms with Gasteiger partial charge in [-0.05, 0) is 42.0 Å². The van der Waals surface area contributed by atoms with Gasteiger partial charge in [0.2, 0.25) is 0 Å². The Balaban J connectivity index is 2.30. The zero-order valence-corrected chi connectivity index (χ0v) is 13.7. The van der Waals surface area contributed by atoms with Crippen LogP contribution in [0, 0.1) is 11.6 Å². The first kappa shape index (κ1) is 20.0. The Morgan fingerprint density at radius 1 is 1.00 bits per heavy atom. The number of hydrogen-bond acceptors (Lipinski definition) is 3. The molecular formula is C15H11F5NO4P. The third-order valence-corrected chi connectivity index (χ3v) is 4.18. The van der Waals surface area contributed by atoms with Crippen molar-refractivity contribution < 1.29 is 40.8 Å². The number of anilines is 1. The maximum Gasteiger partial charge on any atom is 0.474 e. The van der Waals surface area contributed by atoms with E-state index in [1.807, 2.05) is 0 Å². The zero-order valence-electron chi connectivity index (χ0n) is 12.8. The summed E-state index contributed by atoms with van der Waals surface area (Å²) in [7, 11) is -4.80. The van der Waals surface area contributed by atoms with E-state index in [0.717, 1.165) is 48.5 Å². The minimum Gasteiger partial charge on any atom is -0.323 e. The van der Waals surface area contributed by atoms with Crippen LogP contribution in [0.2, 0.25) is 0 Å². The Morgan fingerprint density at radius 3 is 1.92 bits per heavy atom. The molecule has 1 atom stereocenters. The number of hydrogen-bond donors (Lipinski definition) is 1. The SMILES string of the molecule is O=C(N(OP(=O)(O)Cc1ccc(F)cc1)c1ccc(F)cc1)C(F)(F)F. The first-order valence-electron chi connectivity index (χ1n) is 6.91. The average molecular weight is 395 g/mol. The van der Waals surface area contributed by atoms with Gasteiger partial charge in [0.25, 0.3) is 0 Å². The fraction of sp³-hybridized carbons (Fsp3) is 0.133. The van der Waals surface area contributed by atoms with Crippen LogP contribution in [0.15, 0.2) is 48.5 Å². The molecule has 2 aromatic carbocycles. The summed E-state index contributed by atoms with van der Waals surface area (Å²) in [6, 6.07) is 7.27. The summed E-state index contributed by atoms with van der Waals surface area (Å²) < 4.78 is 80.6. The molecule has 0 fully saturated rings. The standard InChI is InChI=1S/C15H11F5NO4P/c16-11-3-1-10(2-4-11)9-26(23,24)25-21(14(22)15(18,19)20)13-7-5-12(17)6-8-13/h1-8H,9H2,(H,23,24). The topological polar surface area (TPSA) is 66.8 Å². The molecule has 0 aliphatic carbocycles. The monoisotopic (exact) mass is 395 g/mol. The molecule has 1 amide bonds. The molecule has 11 heteroatoms. The van der Waals surface area contributed by atoms with Crippen molar-refractivity contribution in [2.24, 2.45) is 0 Å². The summed E-state index contributed by atoms with van der Waals surface area (Å²) >= 11 is 0. The lowest BCUT2D eigenvalue weighted by atomic mass is 10.2. The number of rotatable bonds is 5. The van der Waals surface area contributed by atoms with E-state index in [-0.39, 0.29) is 5.56 Å². The molecule has 0 saturated carbocycles. The Bertz CT molecular complexity index is 823. The van der Waals surface area contributed by atoms with Crippen LogP contribution in [0.25, 0.3) is 0 Å². The molecule has 1 unspecified atom stereocenters. The number of benzene rings is 2. The van der Waals surface area contributed by atoms with Crippen molar-refractivity contribution in [1.29, 1.82) is 0 Å². The predicted octanol–water partition coefficient (Wildman–Crippen LogP) is 4.18. The van der Waals surface area contributed by atoms with Gasteiger partial charge in [-0.3, -0.25) is 9.36 Å². The number of nitrogens with zero attached hydrogens (tertiary/aromatic N) is 1. The molecule has 1 N–H and O–H groups in total. The molecule has 26 heavy (non-hydrogen) atoms. The third-order valence-electron chi connectivity index (χ3n) is 2.99. The minimum absolute atomic E-state index is 0.0933. The number of carbonyl (C=O) groups excluding carboxylic acids is 1. The van der Waals surface area contributed by atoms with E-state index in [1.165, 1.54) is 0 Å².